The summed E-state index contributed by atoms with van der Waals surface area (Å²) in [7, 11) is 0. The number of non-ortho nitro benzene ring substituents is 1. The van der Waals surface area contributed by atoms with E-state index in [0.29, 0.717) is 5.56 Å². The van der Waals surface area contributed by atoms with Crippen LogP contribution in [0.2, 0.25) is 0 Å². The number of aliphatic hydroxyl groups excluding tert-OH is 1. The molecule has 0 amide bonds. The molecule has 3 aromatic rings. The molecule has 0 aliphatic carbocycles. The SMILES string of the molecule is O=C(c1nc2ccc([N+](=O)[O-])cc2[nH]c1=O)[C@@H](O)c1ccccc1. The quantitative estimate of drug-likeness (QED) is 0.427. The van der Waals surface area contributed by atoms with Gasteiger partial charge in [0.1, 0.15) is 6.10 Å². The van der Waals surface area contributed by atoms with Gasteiger partial charge in [0.15, 0.2) is 5.69 Å². The summed E-state index contributed by atoms with van der Waals surface area (Å²) in [6.45, 7) is 0. The van der Waals surface area contributed by atoms with Crippen LogP contribution >= 0.6 is 0 Å². The van der Waals surface area contributed by atoms with Crippen LogP contribution in [-0.2, 0) is 0 Å². The van der Waals surface area contributed by atoms with E-state index in [4.69, 9.17) is 0 Å². The molecule has 3 rings (SSSR count). The molecule has 0 bridgehead atoms. The van der Waals surface area contributed by atoms with Gasteiger partial charge in [-0.25, -0.2) is 4.98 Å². The van der Waals surface area contributed by atoms with Gasteiger partial charge < -0.3 is 10.1 Å². The summed E-state index contributed by atoms with van der Waals surface area (Å²) >= 11 is 0. The van der Waals surface area contributed by atoms with Crippen LogP contribution in [0.4, 0.5) is 5.69 Å². The topological polar surface area (TPSA) is 126 Å². The lowest BCUT2D eigenvalue weighted by Crippen LogP contribution is -2.24. The van der Waals surface area contributed by atoms with E-state index < -0.39 is 28.1 Å². The molecule has 120 valence electrons. The van der Waals surface area contributed by atoms with Crippen molar-refractivity contribution in [1.82, 2.24) is 9.97 Å². The predicted molar refractivity (Wildman–Crippen MR) is 84.8 cm³/mol. The highest BCUT2D eigenvalue weighted by Gasteiger charge is 2.24. The lowest BCUT2D eigenvalue weighted by molar-refractivity contribution is -0.384. The number of nitro groups is 1. The summed E-state index contributed by atoms with van der Waals surface area (Å²) in [4.78, 5) is 40.9. The van der Waals surface area contributed by atoms with Gasteiger partial charge in [0.25, 0.3) is 11.2 Å². The predicted octanol–water partition coefficient (Wildman–Crippen LogP) is 1.75. The van der Waals surface area contributed by atoms with E-state index in [0.717, 1.165) is 6.07 Å². The Hall–Kier alpha value is -3.39. The highest BCUT2D eigenvalue weighted by molar-refractivity contribution is 5.99. The van der Waals surface area contributed by atoms with Crippen molar-refractivity contribution < 1.29 is 14.8 Å². The molecule has 0 saturated heterocycles. The third kappa shape index (κ3) is 2.77. The number of benzene rings is 2. The Morgan fingerprint density at radius 3 is 2.58 bits per heavy atom. The van der Waals surface area contributed by atoms with Crippen molar-refractivity contribution in [2.75, 3.05) is 0 Å². The van der Waals surface area contributed by atoms with Gasteiger partial charge in [-0.1, -0.05) is 30.3 Å². The van der Waals surface area contributed by atoms with E-state index in [2.05, 4.69) is 9.97 Å². The third-order valence-electron chi connectivity index (χ3n) is 3.48. The van der Waals surface area contributed by atoms with Crippen molar-refractivity contribution in [2.24, 2.45) is 0 Å². The van der Waals surface area contributed by atoms with Gasteiger partial charge in [-0.3, -0.25) is 19.7 Å². The summed E-state index contributed by atoms with van der Waals surface area (Å²) in [6, 6.07) is 11.9. The molecule has 8 nitrogen and oxygen atoms in total. The number of aromatic nitrogens is 2. The highest BCUT2D eigenvalue weighted by Crippen LogP contribution is 2.19. The van der Waals surface area contributed by atoms with Gasteiger partial charge in [-0.15, -0.1) is 0 Å². The fraction of sp³-hybridized carbons (Fsp3) is 0.0625. The Labute approximate surface area is 134 Å². The second-order valence-electron chi connectivity index (χ2n) is 5.05. The molecular formula is C16H11N3O5. The molecule has 0 fully saturated rings. The number of aliphatic hydroxyl groups is 1. The number of hydrogen-bond donors (Lipinski definition) is 2. The summed E-state index contributed by atoms with van der Waals surface area (Å²) < 4.78 is 0. The Balaban J connectivity index is 2.05. The van der Waals surface area contributed by atoms with Crippen molar-refractivity contribution in [1.29, 1.82) is 0 Å². The number of nitrogens with zero attached hydrogens (tertiary/aromatic N) is 2. The van der Waals surface area contributed by atoms with E-state index in [1.807, 2.05) is 0 Å². The van der Waals surface area contributed by atoms with E-state index >= 15 is 0 Å². The van der Waals surface area contributed by atoms with E-state index in [9.17, 15) is 24.8 Å². The van der Waals surface area contributed by atoms with Crippen LogP contribution in [-0.4, -0.2) is 25.8 Å². The van der Waals surface area contributed by atoms with E-state index in [1.54, 1.807) is 30.3 Å². The molecule has 24 heavy (non-hydrogen) atoms. The Kier molecular flexibility index (Phi) is 3.88. The Bertz CT molecular complexity index is 998. The zero-order valence-electron chi connectivity index (χ0n) is 12.2. The molecule has 0 unspecified atom stereocenters. The second kappa shape index (κ2) is 6.01. The summed E-state index contributed by atoms with van der Waals surface area (Å²) in [5.74, 6) is -0.845. The van der Waals surface area contributed by atoms with Crippen LogP contribution in [0.25, 0.3) is 11.0 Å². The van der Waals surface area contributed by atoms with Crippen molar-refractivity contribution in [3.8, 4) is 0 Å². The minimum absolute atomic E-state index is 0.139. The van der Waals surface area contributed by atoms with Crippen LogP contribution < -0.4 is 5.56 Å². The number of hydrogen-bond acceptors (Lipinski definition) is 6. The molecule has 0 aliphatic rings. The van der Waals surface area contributed by atoms with Gasteiger partial charge in [0.2, 0.25) is 5.78 Å². The molecule has 0 radical (unpaired) electrons. The Morgan fingerprint density at radius 1 is 1.21 bits per heavy atom. The number of rotatable bonds is 4. The lowest BCUT2D eigenvalue weighted by Gasteiger charge is -2.09. The highest BCUT2D eigenvalue weighted by atomic mass is 16.6. The summed E-state index contributed by atoms with van der Waals surface area (Å²) in [5.41, 5.74) is -0.782. The maximum atomic E-state index is 12.3. The van der Waals surface area contributed by atoms with Crippen molar-refractivity contribution in [3.05, 3.63) is 80.3 Å². The molecule has 0 spiro atoms. The molecule has 1 atom stereocenters. The summed E-state index contributed by atoms with van der Waals surface area (Å²) in [6.07, 6.45) is -1.52. The molecular weight excluding hydrogens is 314 g/mol. The van der Waals surface area contributed by atoms with Crippen LogP contribution in [0.1, 0.15) is 22.2 Å². The van der Waals surface area contributed by atoms with Gasteiger partial charge in [0, 0.05) is 12.1 Å². The van der Waals surface area contributed by atoms with Gasteiger partial charge in [0.05, 0.1) is 16.0 Å². The molecule has 1 heterocycles. The van der Waals surface area contributed by atoms with Gasteiger partial charge in [-0.05, 0) is 11.6 Å². The molecule has 1 aromatic heterocycles. The molecule has 0 aliphatic heterocycles. The first-order valence-electron chi connectivity index (χ1n) is 6.93. The van der Waals surface area contributed by atoms with Crippen molar-refractivity contribution in [2.45, 2.75) is 6.10 Å². The van der Waals surface area contributed by atoms with Crippen LogP contribution in [0.5, 0.6) is 0 Å². The fourth-order valence-corrected chi connectivity index (χ4v) is 2.27. The number of nitro benzene ring substituents is 1. The minimum Gasteiger partial charge on any atom is -0.380 e. The first-order valence-corrected chi connectivity index (χ1v) is 6.93. The molecule has 8 heteroatoms. The third-order valence-corrected chi connectivity index (χ3v) is 3.48. The fourth-order valence-electron chi connectivity index (χ4n) is 2.27. The lowest BCUT2D eigenvalue weighted by atomic mass is 10.0. The molecule has 2 N–H and O–H groups in total. The number of aromatic amines is 1. The van der Waals surface area contributed by atoms with E-state index in [-0.39, 0.29) is 16.7 Å². The second-order valence-corrected chi connectivity index (χ2v) is 5.05. The number of H-pyrrole nitrogens is 1. The normalized spacial score (nSPS) is 12.0. The average Bonchev–Trinajstić information content (AvgIpc) is 2.60. The number of Topliss-reactive ketones (excluding diaryl/α,β-unsaturated/α-hetero) is 1. The van der Waals surface area contributed by atoms with Crippen LogP contribution in [0, 0.1) is 10.1 Å². The first-order chi connectivity index (χ1) is 11.5. The van der Waals surface area contributed by atoms with Gasteiger partial charge in [-0.2, -0.15) is 0 Å². The standard InChI is InChI=1S/C16H11N3O5/c20-14(9-4-2-1-3-5-9)15(21)13-16(22)18-12-8-10(19(23)24)6-7-11(12)17-13/h1-8,14,20H,(H,18,22)/t14-/m0/s1. The summed E-state index contributed by atoms with van der Waals surface area (Å²) in [5, 5.41) is 20.9. The average molecular weight is 325 g/mol. The Morgan fingerprint density at radius 2 is 1.92 bits per heavy atom. The maximum Gasteiger partial charge on any atom is 0.278 e. The first kappa shape index (κ1) is 15.5. The zero-order chi connectivity index (χ0) is 17.3. The van der Waals surface area contributed by atoms with Crippen molar-refractivity contribution >= 4 is 22.5 Å². The maximum absolute atomic E-state index is 12.3. The molecule has 2 aromatic carbocycles. The van der Waals surface area contributed by atoms with Crippen LogP contribution in [0.3, 0.4) is 0 Å². The monoisotopic (exact) mass is 325 g/mol. The number of ketones is 1. The largest absolute Gasteiger partial charge is 0.380 e. The van der Waals surface area contributed by atoms with Crippen molar-refractivity contribution in [3.63, 3.8) is 0 Å². The smallest absolute Gasteiger partial charge is 0.278 e. The number of carbonyl (C=O) groups excluding carboxylic acids is 1. The van der Waals surface area contributed by atoms with E-state index in [1.165, 1.54) is 12.1 Å². The number of carbonyl (C=O) groups is 1. The zero-order valence-corrected chi connectivity index (χ0v) is 12.2. The van der Waals surface area contributed by atoms with Gasteiger partial charge >= 0.3 is 0 Å². The van der Waals surface area contributed by atoms with Crippen LogP contribution in [0.15, 0.2) is 53.3 Å². The number of nitrogens with one attached hydrogen (secondary N) is 1. The number of fused-ring (bicyclic) bond motifs is 1. The molecule has 0 saturated carbocycles. The minimum atomic E-state index is -1.52.